The SMILES string of the molecule is Oc1ccc(Nc2ncc(Br)c(CCC3CCCO3)n2)cc1. The Morgan fingerprint density at radius 2 is 2.14 bits per heavy atom. The van der Waals surface area contributed by atoms with Gasteiger partial charge in [-0.3, -0.25) is 0 Å². The third kappa shape index (κ3) is 3.96. The first-order valence-electron chi connectivity index (χ1n) is 7.40. The molecule has 0 bridgehead atoms. The van der Waals surface area contributed by atoms with Crippen molar-refractivity contribution >= 4 is 27.6 Å². The van der Waals surface area contributed by atoms with Crippen LogP contribution in [0.5, 0.6) is 5.75 Å². The average molecular weight is 364 g/mol. The van der Waals surface area contributed by atoms with Gasteiger partial charge in [0.2, 0.25) is 5.95 Å². The molecule has 6 heteroatoms. The maximum absolute atomic E-state index is 9.30. The van der Waals surface area contributed by atoms with Gasteiger partial charge in [-0.25, -0.2) is 9.97 Å². The van der Waals surface area contributed by atoms with Crippen molar-refractivity contribution in [3.8, 4) is 5.75 Å². The summed E-state index contributed by atoms with van der Waals surface area (Å²) in [7, 11) is 0. The Morgan fingerprint density at radius 1 is 1.32 bits per heavy atom. The Kier molecular flexibility index (Phi) is 4.90. The fraction of sp³-hybridized carbons (Fsp3) is 0.375. The lowest BCUT2D eigenvalue weighted by molar-refractivity contribution is 0.104. The van der Waals surface area contributed by atoms with Crippen LogP contribution in [0.2, 0.25) is 0 Å². The molecule has 0 amide bonds. The number of nitrogens with zero attached hydrogens (tertiary/aromatic N) is 2. The van der Waals surface area contributed by atoms with Gasteiger partial charge in [0.15, 0.2) is 0 Å². The maximum Gasteiger partial charge on any atom is 0.227 e. The van der Waals surface area contributed by atoms with Crippen molar-refractivity contribution in [2.45, 2.75) is 31.8 Å². The Bertz CT molecular complexity index is 628. The molecule has 1 saturated heterocycles. The summed E-state index contributed by atoms with van der Waals surface area (Å²) in [6.45, 7) is 0.878. The Morgan fingerprint density at radius 3 is 2.86 bits per heavy atom. The van der Waals surface area contributed by atoms with Crippen molar-refractivity contribution in [1.29, 1.82) is 0 Å². The molecule has 0 aliphatic carbocycles. The van der Waals surface area contributed by atoms with Gasteiger partial charge in [0, 0.05) is 18.5 Å². The molecule has 3 rings (SSSR count). The smallest absolute Gasteiger partial charge is 0.227 e. The zero-order valence-corrected chi connectivity index (χ0v) is 13.7. The molecule has 1 aliphatic rings. The number of aromatic nitrogens is 2. The van der Waals surface area contributed by atoms with E-state index < -0.39 is 0 Å². The monoisotopic (exact) mass is 363 g/mol. The summed E-state index contributed by atoms with van der Waals surface area (Å²) < 4.78 is 6.57. The molecule has 22 heavy (non-hydrogen) atoms. The lowest BCUT2D eigenvalue weighted by atomic mass is 10.1. The summed E-state index contributed by atoms with van der Waals surface area (Å²) >= 11 is 3.51. The predicted molar refractivity (Wildman–Crippen MR) is 88.4 cm³/mol. The third-order valence-corrected chi connectivity index (χ3v) is 4.33. The van der Waals surface area contributed by atoms with Gasteiger partial charge in [-0.05, 0) is 65.9 Å². The van der Waals surface area contributed by atoms with Crippen LogP contribution in [0.25, 0.3) is 0 Å². The standard InChI is InChI=1S/C16H18BrN3O2/c17-14-10-18-16(19-11-3-5-12(21)6-4-11)20-15(14)8-7-13-2-1-9-22-13/h3-6,10,13,21H,1-2,7-9H2,(H,18,19,20). The topological polar surface area (TPSA) is 67.3 Å². The zero-order valence-electron chi connectivity index (χ0n) is 12.1. The van der Waals surface area contributed by atoms with Crippen molar-refractivity contribution in [2.75, 3.05) is 11.9 Å². The largest absolute Gasteiger partial charge is 0.508 e. The Labute approximate surface area is 137 Å². The lowest BCUT2D eigenvalue weighted by Gasteiger charge is -2.11. The molecule has 1 unspecified atom stereocenters. The molecule has 0 saturated carbocycles. The number of benzene rings is 1. The van der Waals surface area contributed by atoms with Gasteiger partial charge in [0.25, 0.3) is 0 Å². The van der Waals surface area contributed by atoms with Crippen LogP contribution in [0, 0.1) is 0 Å². The van der Waals surface area contributed by atoms with Crippen LogP contribution in [0.1, 0.15) is 25.0 Å². The second kappa shape index (κ2) is 7.07. The van der Waals surface area contributed by atoms with E-state index in [0.29, 0.717) is 12.1 Å². The Balaban J connectivity index is 1.67. The van der Waals surface area contributed by atoms with Gasteiger partial charge in [-0.15, -0.1) is 0 Å². The molecular weight excluding hydrogens is 346 g/mol. The number of hydrogen-bond donors (Lipinski definition) is 2. The third-order valence-electron chi connectivity index (χ3n) is 3.67. The second-order valence-corrected chi connectivity index (χ2v) is 6.19. The fourth-order valence-corrected chi connectivity index (χ4v) is 2.87. The summed E-state index contributed by atoms with van der Waals surface area (Å²) in [5, 5.41) is 12.4. The highest BCUT2D eigenvalue weighted by Crippen LogP contribution is 2.23. The van der Waals surface area contributed by atoms with Gasteiger partial charge in [0.05, 0.1) is 16.3 Å². The van der Waals surface area contributed by atoms with Crippen molar-refractivity contribution in [3.05, 3.63) is 40.6 Å². The molecule has 0 spiro atoms. The quantitative estimate of drug-likeness (QED) is 0.790. The molecule has 116 valence electrons. The van der Waals surface area contributed by atoms with Crippen LogP contribution in [0.3, 0.4) is 0 Å². The lowest BCUT2D eigenvalue weighted by Crippen LogP contribution is -2.08. The molecule has 2 aromatic rings. The van der Waals surface area contributed by atoms with Crippen molar-refractivity contribution in [1.82, 2.24) is 9.97 Å². The molecule has 1 fully saturated rings. The van der Waals surface area contributed by atoms with Gasteiger partial charge >= 0.3 is 0 Å². The first-order valence-corrected chi connectivity index (χ1v) is 8.19. The molecule has 1 atom stereocenters. The number of nitrogens with one attached hydrogen (secondary N) is 1. The van der Waals surface area contributed by atoms with Gasteiger partial charge in [0.1, 0.15) is 5.75 Å². The van der Waals surface area contributed by atoms with E-state index in [0.717, 1.165) is 48.1 Å². The Hall–Kier alpha value is -1.66. The van der Waals surface area contributed by atoms with Gasteiger partial charge < -0.3 is 15.2 Å². The van der Waals surface area contributed by atoms with E-state index in [2.05, 4.69) is 31.2 Å². The number of aromatic hydroxyl groups is 1. The van der Waals surface area contributed by atoms with Gasteiger partial charge in [-0.1, -0.05) is 0 Å². The van der Waals surface area contributed by atoms with E-state index >= 15 is 0 Å². The molecule has 5 nitrogen and oxygen atoms in total. The molecule has 1 aromatic heterocycles. The number of phenols is 1. The highest BCUT2D eigenvalue weighted by atomic mass is 79.9. The van der Waals surface area contributed by atoms with Crippen LogP contribution in [-0.2, 0) is 11.2 Å². The summed E-state index contributed by atoms with van der Waals surface area (Å²) in [6, 6.07) is 6.82. The minimum Gasteiger partial charge on any atom is -0.508 e. The molecule has 1 aliphatic heterocycles. The fourth-order valence-electron chi connectivity index (χ4n) is 2.48. The molecule has 0 radical (unpaired) electrons. The van der Waals surface area contributed by atoms with E-state index in [1.54, 1.807) is 30.5 Å². The van der Waals surface area contributed by atoms with E-state index in [1.165, 1.54) is 0 Å². The molecule has 2 N–H and O–H groups in total. The number of anilines is 2. The number of hydrogen-bond acceptors (Lipinski definition) is 5. The minimum atomic E-state index is 0.236. The van der Waals surface area contributed by atoms with Crippen LogP contribution >= 0.6 is 15.9 Å². The number of ether oxygens (including phenoxy) is 1. The highest BCUT2D eigenvalue weighted by Gasteiger charge is 2.16. The van der Waals surface area contributed by atoms with Crippen LogP contribution in [0.4, 0.5) is 11.6 Å². The van der Waals surface area contributed by atoms with E-state index in [4.69, 9.17) is 4.74 Å². The molecule has 1 aromatic carbocycles. The van der Waals surface area contributed by atoms with Crippen LogP contribution in [0.15, 0.2) is 34.9 Å². The molecule has 2 heterocycles. The van der Waals surface area contributed by atoms with E-state index in [-0.39, 0.29) is 5.75 Å². The second-order valence-electron chi connectivity index (χ2n) is 5.33. The average Bonchev–Trinajstić information content (AvgIpc) is 3.03. The first-order chi connectivity index (χ1) is 10.7. The highest BCUT2D eigenvalue weighted by molar-refractivity contribution is 9.10. The van der Waals surface area contributed by atoms with Crippen LogP contribution in [-0.4, -0.2) is 27.8 Å². The van der Waals surface area contributed by atoms with E-state index in [9.17, 15) is 5.11 Å². The maximum atomic E-state index is 9.30. The summed E-state index contributed by atoms with van der Waals surface area (Å²) in [5.74, 6) is 0.788. The van der Waals surface area contributed by atoms with Crippen molar-refractivity contribution in [3.63, 3.8) is 0 Å². The normalized spacial score (nSPS) is 17.6. The van der Waals surface area contributed by atoms with Crippen LogP contribution < -0.4 is 5.32 Å². The number of aryl methyl sites for hydroxylation is 1. The predicted octanol–water partition coefficient (Wildman–Crippen LogP) is 3.80. The number of halogens is 1. The number of phenolic OH excluding ortho intramolecular Hbond substituents is 1. The number of rotatable bonds is 5. The van der Waals surface area contributed by atoms with Crippen molar-refractivity contribution in [2.24, 2.45) is 0 Å². The molecular formula is C16H18BrN3O2. The summed E-state index contributed by atoms with van der Waals surface area (Å²) in [5.41, 5.74) is 1.82. The summed E-state index contributed by atoms with van der Waals surface area (Å²) in [4.78, 5) is 8.84. The van der Waals surface area contributed by atoms with Crippen molar-refractivity contribution < 1.29 is 9.84 Å². The zero-order chi connectivity index (χ0) is 15.4. The first kappa shape index (κ1) is 15.2. The minimum absolute atomic E-state index is 0.236. The van der Waals surface area contributed by atoms with E-state index in [1.807, 2.05) is 0 Å². The summed E-state index contributed by atoms with van der Waals surface area (Å²) in [6.07, 6.45) is 6.26. The van der Waals surface area contributed by atoms with Gasteiger partial charge in [-0.2, -0.15) is 0 Å².